The van der Waals surface area contributed by atoms with Crippen LogP contribution >= 0.6 is 0 Å². The number of aryl methyl sites for hydroxylation is 1. The molecule has 0 unspecified atom stereocenters. The zero-order valence-electron chi connectivity index (χ0n) is 11.0. The summed E-state index contributed by atoms with van der Waals surface area (Å²) in [5.41, 5.74) is 1.74. The van der Waals surface area contributed by atoms with E-state index in [1.54, 1.807) is 20.1 Å². The minimum Gasteiger partial charge on any atom is -0.489 e. The molecule has 1 aromatic rings. The zero-order valence-corrected chi connectivity index (χ0v) is 11.0. The van der Waals surface area contributed by atoms with E-state index in [1.165, 1.54) is 6.08 Å². The number of hydrogen-bond donors (Lipinski definition) is 1. The van der Waals surface area contributed by atoms with Crippen LogP contribution < -0.4 is 10.1 Å². The predicted octanol–water partition coefficient (Wildman–Crippen LogP) is 2.53. The fraction of sp³-hybridized carbons (Fsp3) is 0.357. The van der Waals surface area contributed by atoms with E-state index in [2.05, 4.69) is 5.32 Å². The molecule has 1 rings (SSSR count). The first kappa shape index (κ1) is 14.3. The third kappa shape index (κ3) is 4.59. The van der Waals surface area contributed by atoms with Gasteiger partial charge in [0.15, 0.2) is 0 Å². The monoisotopic (exact) mass is 249 g/mol. The molecule has 0 bridgehead atoms. The number of rotatable bonds is 6. The van der Waals surface area contributed by atoms with Gasteiger partial charge in [-0.1, -0.05) is 12.1 Å². The SMILES string of the molecule is CC=CC(=O)Nc1ccc(C)cc1OCCOC. The van der Waals surface area contributed by atoms with Gasteiger partial charge in [-0.2, -0.15) is 0 Å². The van der Waals surface area contributed by atoms with E-state index in [0.717, 1.165) is 5.56 Å². The molecule has 0 heterocycles. The Hall–Kier alpha value is -1.81. The van der Waals surface area contributed by atoms with Gasteiger partial charge in [-0.3, -0.25) is 4.79 Å². The Labute approximate surface area is 108 Å². The Balaban J connectivity index is 2.78. The second-order valence-electron chi connectivity index (χ2n) is 3.83. The van der Waals surface area contributed by atoms with Gasteiger partial charge < -0.3 is 14.8 Å². The highest BCUT2D eigenvalue weighted by molar-refractivity contribution is 6.00. The Bertz CT molecular complexity index is 427. The highest BCUT2D eigenvalue weighted by Crippen LogP contribution is 2.25. The summed E-state index contributed by atoms with van der Waals surface area (Å²) in [5, 5.41) is 2.77. The number of hydrogen-bond acceptors (Lipinski definition) is 3. The van der Waals surface area contributed by atoms with Crippen molar-refractivity contribution in [2.75, 3.05) is 25.6 Å². The summed E-state index contributed by atoms with van der Waals surface area (Å²) in [5.74, 6) is 0.489. The van der Waals surface area contributed by atoms with E-state index < -0.39 is 0 Å². The van der Waals surface area contributed by atoms with Crippen LogP contribution in [0, 0.1) is 6.92 Å². The van der Waals surface area contributed by atoms with Gasteiger partial charge in [-0.25, -0.2) is 0 Å². The molecule has 0 fully saturated rings. The molecule has 0 aliphatic rings. The number of methoxy groups -OCH3 is 1. The van der Waals surface area contributed by atoms with Gasteiger partial charge in [0.05, 0.1) is 12.3 Å². The van der Waals surface area contributed by atoms with E-state index in [-0.39, 0.29) is 5.91 Å². The van der Waals surface area contributed by atoms with Crippen LogP contribution in [0.2, 0.25) is 0 Å². The lowest BCUT2D eigenvalue weighted by atomic mass is 10.2. The molecule has 4 nitrogen and oxygen atoms in total. The minimum atomic E-state index is -0.169. The molecule has 1 N–H and O–H groups in total. The van der Waals surface area contributed by atoms with Crippen LogP contribution in [0.4, 0.5) is 5.69 Å². The Morgan fingerprint density at radius 1 is 1.39 bits per heavy atom. The molecule has 0 aromatic heterocycles. The topological polar surface area (TPSA) is 47.6 Å². The summed E-state index contributed by atoms with van der Waals surface area (Å²) in [7, 11) is 1.62. The molecule has 0 saturated carbocycles. The van der Waals surface area contributed by atoms with Crippen LogP contribution in [-0.2, 0) is 9.53 Å². The molecule has 98 valence electrons. The van der Waals surface area contributed by atoms with E-state index >= 15 is 0 Å². The molecule has 0 spiro atoms. The highest BCUT2D eigenvalue weighted by Gasteiger charge is 2.06. The van der Waals surface area contributed by atoms with Crippen LogP contribution in [0.5, 0.6) is 5.75 Å². The summed E-state index contributed by atoms with van der Waals surface area (Å²) in [6.45, 7) is 4.73. The van der Waals surface area contributed by atoms with Crippen molar-refractivity contribution in [3.05, 3.63) is 35.9 Å². The van der Waals surface area contributed by atoms with E-state index in [9.17, 15) is 4.79 Å². The number of allylic oxidation sites excluding steroid dienone is 1. The van der Waals surface area contributed by atoms with Gasteiger partial charge in [-0.05, 0) is 37.6 Å². The van der Waals surface area contributed by atoms with Crippen molar-refractivity contribution < 1.29 is 14.3 Å². The average molecular weight is 249 g/mol. The summed E-state index contributed by atoms with van der Waals surface area (Å²) in [4.78, 5) is 11.5. The quantitative estimate of drug-likeness (QED) is 0.622. The van der Waals surface area contributed by atoms with Gasteiger partial charge in [0, 0.05) is 7.11 Å². The van der Waals surface area contributed by atoms with Gasteiger partial charge >= 0.3 is 0 Å². The third-order valence-corrected chi connectivity index (χ3v) is 2.26. The number of anilines is 1. The first-order valence-electron chi connectivity index (χ1n) is 5.83. The lowest BCUT2D eigenvalue weighted by Gasteiger charge is -2.12. The summed E-state index contributed by atoms with van der Waals surface area (Å²) >= 11 is 0. The fourth-order valence-corrected chi connectivity index (χ4v) is 1.41. The molecule has 0 saturated heterocycles. The summed E-state index contributed by atoms with van der Waals surface area (Å²) < 4.78 is 10.5. The number of benzene rings is 1. The number of carbonyl (C=O) groups excluding carboxylic acids is 1. The fourth-order valence-electron chi connectivity index (χ4n) is 1.41. The molecule has 0 aliphatic carbocycles. The number of carbonyl (C=O) groups is 1. The van der Waals surface area contributed by atoms with E-state index in [1.807, 2.05) is 25.1 Å². The van der Waals surface area contributed by atoms with Crippen molar-refractivity contribution in [3.8, 4) is 5.75 Å². The average Bonchev–Trinajstić information content (AvgIpc) is 2.33. The normalized spacial score (nSPS) is 10.6. The zero-order chi connectivity index (χ0) is 13.4. The van der Waals surface area contributed by atoms with Crippen molar-refractivity contribution in [2.45, 2.75) is 13.8 Å². The molecule has 4 heteroatoms. The molecule has 0 aliphatic heterocycles. The maximum Gasteiger partial charge on any atom is 0.248 e. The maximum absolute atomic E-state index is 11.5. The Morgan fingerprint density at radius 3 is 2.83 bits per heavy atom. The largest absolute Gasteiger partial charge is 0.489 e. The van der Waals surface area contributed by atoms with E-state index in [0.29, 0.717) is 24.7 Å². The van der Waals surface area contributed by atoms with Crippen LogP contribution in [0.3, 0.4) is 0 Å². The molecule has 1 amide bonds. The lowest BCUT2D eigenvalue weighted by Crippen LogP contribution is -2.11. The predicted molar refractivity (Wildman–Crippen MR) is 72.0 cm³/mol. The molecule has 18 heavy (non-hydrogen) atoms. The second kappa shape index (κ2) is 7.50. The van der Waals surface area contributed by atoms with Crippen molar-refractivity contribution in [2.24, 2.45) is 0 Å². The van der Waals surface area contributed by atoms with Crippen molar-refractivity contribution >= 4 is 11.6 Å². The number of ether oxygens (including phenoxy) is 2. The van der Waals surface area contributed by atoms with Crippen LogP contribution in [-0.4, -0.2) is 26.2 Å². The highest BCUT2D eigenvalue weighted by atomic mass is 16.5. The minimum absolute atomic E-state index is 0.169. The second-order valence-corrected chi connectivity index (χ2v) is 3.83. The third-order valence-electron chi connectivity index (χ3n) is 2.26. The van der Waals surface area contributed by atoms with Crippen LogP contribution in [0.1, 0.15) is 12.5 Å². The summed E-state index contributed by atoms with van der Waals surface area (Å²) in [6.07, 6.45) is 3.16. The molecular weight excluding hydrogens is 230 g/mol. The Kier molecular flexibility index (Phi) is 5.94. The standard InChI is InChI=1S/C14H19NO3/c1-4-5-14(16)15-12-7-6-11(2)10-13(12)18-9-8-17-3/h4-7,10H,8-9H2,1-3H3,(H,15,16). The molecule has 0 atom stereocenters. The van der Waals surface area contributed by atoms with Crippen molar-refractivity contribution in [1.82, 2.24) is 0 Å². The van der Waals surface area contributed by atoms with Gasteiger partial charge in [0.25, 0.3) is 0 Å². The van der Waals surface area contributed by atoms with Crippen LogP contribution in [0.15, 0.2) is 30.4 Å². The smallest absolute Gasteiger partial charge is 0.248 e. The van der Waals surface area contributed by atoms with Crippen molar-refractivity contribution in [1.29, 1.82) is 0 Å². The van der Waals surface area contributed by atoms with E-state index in [4.69, 9.17) is 9.47 Å². The number of amides is 1. The lowest BCUT2D eigenvalue weighted by molar-refractivity contribution is -0.111. The number of nitrogens with one attached hydrogen (secondary N) is 1. The maximum atomic E-state index is 11.5. The van der Waals surface area contributed by atoms with Crippen LogP contribution in [0.25, 0.3) is 0 Å². The van der Waals surface area contributed by atoms with Gasteiger partial charge in [0.1, 0.15) is 12.4 Å². The van der Waals surface area contributed by atoms with Crippen molar-refractivity contribution in [3.63, 3.8) is 0 Å². The van der Waals surface area contributed by atoms with Gasteiger partial charge in [0.2, 0.25) is 5.91 Å². The summed E-state index contributed by atoms with van der Waals surface area (Å²) in [6, 6.07) is 5.65. The molecule has 0 radical (unpaired) electrons. The first-order valence-corrected chi connectivity index (χ1v) is 5.83. The first-order chi connectivity index (χ1) is 8.67. The molecule has 1 aromatic carbocycles. The van der Waals surface area contributed by atoms with Gasteiger partial charge in [-0.15, -0.1) is 0 Å². The molecular formula is C14H19NO3. The Morgan fingerprint density at radius 2 is 2.17 bits per heavy atom.